The van der Waals surface area contributed by atoms with Crippen LogP contribution >= 0.6 is 11.6 Å². The van der Waals surface area contributed by atoms with Crippen molar-refractivity contribution in [3.05, 3.63) is 51.8 Å². The highest BCUT2D eigenvalue weighted by Crippen LogP contribution is 2.34. The van der Waals surface area contributed by atoms with E-state index in [4.69, 9.17) is 16.3 Å². The SMILES string of the molecule is CC(C)(CCCC(=O)OC(C)(C)C)NC(=O)C(=O)c1c(Cl)c(C(=O)Nc2ccc(F)c(F)c2)c2n1CCC2. The zero-order valence-corrected chi connectivity index (χ0v) is 22.9. The number of halogens is 3. The van der Waals surface area contributed by atoms with E-state index in [1.54, 1.807) is 39.2 Å². The van der Waals surface area contributed by atoms with E-state index in [1.165, 1.54) is 6.07 Å². The second-order valence-electron chi connectivity index (χ2n) is 10.9. The largest absolute Gasteiger partial charge is 0.460 e. The van der Waals surface area contributed by atoms with Gasteiger partial charge in [-0.2, -0.15) is 0 Å². The van der Waals surface area contributed by atoms with Crippen LogP contribution in [-0.2, 0) is 27.3 Å². The van der Waals surface area contributed by atoms with Crippen LogP contribution in [0.1, 0.15) is 86.8 Å². The predicted molar refractivity (Wildman–Crippen MR) is 138 cm³/mol. The molecule has 0 radical (unpaired) electrons. The number of benzene rings is 1. The molecule has 2 amide bonds. The number of carbonyl (C=O) groups is 4. The maximum absolute atomic E-state index is 13.6. The van der Waals surface area contributed by atoms with Crippen LogP contribution in [0, 0.1) is 11.6 Å². The van der Waals surface area contributed by atoms with Gasteiger partial charge in [0, 0.05) is 36.0 Å². The number of ether oxygens (including phenoxy) is 1. The van der Waals surface area contributed by atoms with E-state index in [1.807, 2.05) is 0 Å². The summed E-state index contributed by atoms with van der Waals surface area (Å²) in [5, 5.41) is 4.99. The fraction of sp³-hybridized carbons (Fsp3) is 0.481. The van der Waals surface area contributed by atoms with Crippen LogP contribution in [-0.4, -0.2) is 39.3 Å². The molecule has 0 bridgehead atoms. The Kier molecular flexibility index (Phi) is 8.65. The molecule has 1 aromatic carbocycles. The van der Waals surface area contributed by atoms with E-state index in [2.05, 4.69) is 10.6 Å². The van der Waals surface area contributed by atoms with Crippen LogP contribution in [0.2, 0.25) is 5.02 Å². The topological polar surface area (TPSA) is 106 Å². The number of hydrogen-bond acceptors (Lipinski definition) is 5. The Labute approximate surface area is 225 Å². The first kappa shape index (κ1) is 29.3. The molecule has 1 aliphatic heterocycles. The number of fused-ring (bicyclic) bond motifs is 1. The van der Waals surface area contributed by atoms with Gasteiger partial charge in [-0.3, -0.25) is 19.2 Å². The molecule has 1 aromatic heterocycles. The highest BCUT2D eigenvalue weighted by Gasteiger charge is 2.35. The first-order valence-electron chi connectivity index (χ1n) is 12.4. The van der Waals surface area contributed by atoms with Crippen molar-refractivity contribution < 1.29 is 32.7 Å². The molecule has 11 heteroatoms. The van der Waals surface area contributed by atoms with E-state index in [0.717, 1.165) is 12.1 Å². The first-order valence-corrected chi connectivity index (χ1v) is 12.7. The van der Waals surface area contributed by atoms with Gasteiger partial charge in [-0.15, -0.1) is 0 Å². The van der Waals surface area contributed by atoms with Gasteiger partial charge in [-0.05, 0) is 72.4 Å². The third-order valence-electron chi connectivity index (χ3n) is 5.99. The molecule has 0 atom stereocenters. The van der Waals surface area contributed by atoms with Crippen molar-refractivity contribution in [2.45, 2.75) is 84.4 Å². The highest BCUT2D eigenvalue weighted by molar-refractivity contribution is 6.48. The summed E-state index contributed by atoms with van der Waals surface area (Å²) in [4.78, 5) is 51.1. The van der Waals surface area contributed by atoms with Crippen molar-refractivity contribution in [1.82, 2.24) is 9.88 Å². The van der Waals surface area contributed by atoms with E-state index >= 15 is 0 Å². The van der Waals surface area contributed by atoms with E-state index < -0.39 is 40.4 Å². The Bertz CT molecular complexity index is 1280. The molecule has 0 saturated heterocycles. The number of carbonyl (C=O) groups excluding carboxylic acids is 4. The van der Waals surface area contributed by atoms with Crippen LogP contribution in [0.3, 0.4) is 0 Å². The van der Waals surface area contributed by atoms with Crippen LogP contribution < -0.4 is 10.6 Å². The fourth-order valence-corrected chi connectivity index (χ4v) is 4.75. The Hall–Kier alpha value is -3.27. The van der Waals surface area contributed by atoms with Gasteiger partial charge in [0.2, 0.25) is 0 Å². The van der Waals surface area contributed by atoms with Crippen molar-refractivity contribution in [1.29, 1.82) is 0 Å². The number of ketones is 1. The van der Waals surface area contributed by atoms with Crippen molar-refractivity contribution >= 4 is 40.9 Å². The number of esters is 1. The summed E-state index contributed by atoms with van der Waals surface area (Å²) in [6.07, 6.45) is 2.10. The van der Waals surface area contributed by atoms with Crippen LogP contribution in [0.5, 0.6) is 0 Å². The minimum Gasteiger partial charge on any atom is -0.460 e. The lowest BCUT2D eigenvalue weighted by Crippen LogP contribution is -2.46. The number of Topliss-reactive ketones (excluding diaryl/α,β-unsaturated/α-hetero) is 1. The molecule has 8 nitrogen and oxygen atoms in total. The molecule has 2 N–H and O–H groups in total. The highest BCUT2D eigenvalue weighted by atomic mass is 35.5. The normalized spacial score (nSPS) is 13.2. The van der Waals surface area contributed by atoms with Crippen LogP contribution in [0.4, 0.5) is 14.5 Å². The summed E-state index contributed by atoms with van der Waals surface area (Å²) < 4.78 is 33.7. The molecule has 0 aliphatic carbocycles. The van der Waals surface area contributed by atoms with Crippen LogP contribution in [0.25, 0.3) is 0 Å². The molecular weight excluding hydrogens is 520 g/mol. The van der Waals surface area contributed by atoms with Gasteiger partial charge in [0.05, 0.1) is 10.6 Å². The molecule has 0 unspecified atom stereocenters. The average molecular weight is 552 g/mol. The number of nitrogens with zero attached hydrogens (tertiary/aromatic N) is 1. The van der Waals surface area contributed by atoms with Crippen molar-refractivity contribution in [3.63, 3.8) is 0 Å². The number of nitrogens with one attached hydrogen (secondary N) is 2. The summed E-state index contributed by atoms with van der Waals surface area (Å²) in [5.74, 6) is -5.03. The van der Waals surface area contributed by atoms with Gasteiger partial charge in [0.25, 0.3) is 17.6 Å². The maximum Gasteiger partial charge on any atom is 0.306 e. The Morgan fingerprint density at radius 1 is 1.08 bits per heavy atom. The minimum absolute atomic E-state index is 0.0154. The molecule has 0 fully saturated rings. The van der Waals surface area contributed by atoms with Crippen LogP contribution in [0.15, 0.2) is 18.2 Å². The molecule has 2 aromatic rings. The number of amides is 2. The maximum atomic E-state index is 13.6. The predicted octanol–water partition coefficient (Wildman–Crippen LogP) is 5.21. The summed E-state index contributed by atoms with van der Waals surface area (Å²) in [6.45, 7) is 9.20. The number of anilines is 1. The van der Waals surface area contributed by atoms with E-state index in [9.17, 15) is 28.0 Å². The lowest BCUT2D eigenvalue weighted by molar-refractivity contribution is -0.154. The Balaban J connectivity index is 1.72. The quantitative estimate of drug-likeness (QED) is 0.253. The fourth-order valence-electron chi connectivity index (χ4n) is 4.37. The summed E-state index contributed by atoms with van der Waals surface area (Å²) >= 11 is 6.48. The lowest BCUT2D eigenvalue weighted by Gasteiger charge is -2.26. The lowest BCUT2D eigenvalue weighted by atomic mass is 9.96. The molecule has 38 heavy (non-hydrogen) atoms. The van der Waals surface area contributed by atoms with Gasteiger partial charge in [-0.1, -0.05) is 11.6 Å². The second-order valence-corrected chi connectivity index (χ2v) is 11.3. The molecular formula is C27H32ClF2N3O5. The van der Waals surface area contributed by atoms with Crippen molar-refractivity contribution in [2.24, 2.45) is 0 Å². The second kappa shape index (κ2) is 11.2. The molecule has 1 aliphatic rings. The monoisotopic (exact) mass is 551 g/mol. The van der Waals surface area contributed by atoms with Crippen molar-refractivity contribution in [3.8, 4) is 0 Å². The third kappa shape index (κ3) is 6.98. The summed E-state index contributed by atoms with van der Waals surface area (Å²) in [5.41, 5.74) is -0.980. The zero-order valence-electron chi connectivity index (χ0n) is 22.1. The zero-order chi connectivity index (χ0) is 28.4. The molecule has 2 heterocycles. The number of aromatic nitrogens is 1. The summed E-state index contributed by atoms with van der Waals surface area (Å²) in [6, 6.07) is 2.91. The van der Waals surface area contributed by atoms with Gasteiger partial charge in [-0.25, -0.2) is 8.78 Å². The van der Waals surface area contributed by atoms with Gasteiger partial charge in [0.1, 0.15) is 11.3 Å². The third-order valence-corrected chi connectivity index (χ3v) is 6.36. The average Bonchev–Trinajstić information content (AvgIpc) is 3.33. The standard InChI is InChI=1S/C27H32ClF2N3O5/c1-26(2,3)38-19(34)9-6-12-27(4,5)32-25(37)23(35)22-21(28)20(18-8-7-13-33(18)22)24(36)31-15-10-11-16(29)17(30)14-15/h10-11,14H,6-9,12-13H2,1-5H3,(H,31,36)(H,32,37). The van der Waals surface area contributed by atoms with E-state index in [0.29, 0.717) is 37.9 Å². The minimum atomic E-state index is -1.13. The Morgan fingerprint density at radius 3 is 2.39 bits per heavy atom. The Morgan fingerprint density at radius 2 is 1.76 bits per heavy atom. The molecule has 0 spiro atoms. The molecule has 0 saturated carbocycles. The number of rotatable bonds is 9. The smallest absolute Gasteiger partial charge is 0.306 e. The molecule has 206 valence electrons. The van der Waals surface area contributed by atoms with Gasteiger partial charge < -0.3 is 19.9 Å². The van der Waals surface area contributed by atoms with Gasteiger partial charge >= 0.3 is 5.97 Å². The number of hydrogen-bond donors (Lipinski definition) is 2. The van der Waals surface area contributed by atoms with E-state index in [-0.39, 0.29) is 34.4 Å². The van der Waals surface area contributed by atoms with Gasteiger partial charge in [0.15, 0.2) is 11.6 Å². The summed E-state index contributed by atoms with van der Waals surface area (Å²) in [7, 11) is 0. The first-order chi connectivity index (χ1) is 17.6. The molecule has 3 rings (SSSR count). The van der Waals surface area contributed by atoms with Crippen molar-refractivity contribution in [2.75, 3.05) is 5.32 Å².